The number of guanidine groups is 1. The third-order valence-corrected chi connectivity index (χ3v) is 0.887. The van der Waals surface area contributed by atoms with Gasteiger partial charge in [0, 0.05) is 6.54 Å². The van der Waals surface area contributed by atoms with Gasteiger partial charge in [-0.3, -0.25) is 5.41 Å². The number of nitrogens with one attached hydrogen (secondary N) is 2. The van der Waals surface area contributed by atoms with Crippen molar-refractivity contribution in [1.29, 1.82) is 5.41 Å². The molecule has 0 amide bonds. The largest absolute Gasteiger partial charge is 0.370 e. The summed E-state index contributed by atoms with van der Waals surface area (Å²) in [6.07, 6.45) is 1.45. The van der Waals surface area contributed by atoms with E-state index in [1.807, 2.05) is 0 Å². The van der Waals surface area contributed by atoms with Gasteiger partial charge in [0.15, 0.2) is 5.96 Å². The average molecular weight is 130 g/mol. The quantitative estimate of drug-likeness (QED) is 0.277. The Hall–Kier alpha value is -0.770. The van der Waals surface area contributed by atoms with Crippen molar-refractivity contribution < 1.29 is 5.11 Å². The highest BCUT2D eigenvalue weighted by Gasteiger charge is 1.86. The van der Waals surface area contributed by atoms with Crippen LogP contribution in [0.15, 0.2) is 0 Å². The van der Waals surface area contributed by atoms with Crippen LogP contribution in [0.5, 0.6) is 0 Å². The minimum Gasteiger partial charge on any atom is -0.370 e. The SMILES string of the molecule is N=C(N)NCCCC[O]. The van der Waals surface area contributed by atoms with Crippen LogP contribution in [-0.4, -0.2) is 19.1 Å². The van der Waals surface area contributed by atoms with Crippen molar-refractivity contribution in [3.63, 3.8) is 0 Å². The Bertz CT molecular complexity index is 84.3. The molecule has 0 aliphatic heterocycles. The molecule has 53 valence electrons. The van der Waals surface area contributed by atoms with Crippen molar-refractivity contribution in [2.45, 2.75) is 12.8 Å². The van der Waals surface area contributed by atoms with Crippen LogP contribution >= 0.6 is 0 Å². The van der Waals surface area contributed by atoms with Gasteiger partial charge in [-0.25, -0.2) is 5.11 Å². The highest BCUT2D eigenvalue weighted by atomic mass is 16.2. The fraction of sp³-hybridized carbons (Fsp3) is 0.800. The minimum atomic E-state index is -0.0421. The lowest BCUT2D eigenvalue weighted by Crippen LogP contribution is -2.30. The Kier molecular flexibility index (Phi) is 4.91. The van der Waals surface area contributed by atoms with Gasteiger partial charge in [-0.15, -0.1) is 0 Å². The van der Waals surface area contributed by atoms with Crippen LogP contribution in [0.3, 0.4) is 0 Å². The highest BCUT2D eigenvalue weighted by Crippen LogP contribution is 1.82. The Balaban J connectivity index is 2.83. The monoisotopic (exact) mass is 130 g/mol. The summed E-state index contributed by atoms with van der Waals surface area (Å²) in [5.74, 6) is -0.0269. The molecular weight excluding hydrogens is 118 g/mol. The summed E-state index contributed by atoms with van der Waals surface area (Å²) >= 11 is 0. The molecule has 0 atom stereocenters. The fourth-order valence-corrected chi connectivity index (χ4v) is 0.450. The Labute approximate surface area is 54.6 Å². The molecule has 0 aromatic carbocycles. The van der Waals surface area contributed by atoms with E-state index in [2.05, 4.69) is 5.32 Å². The van der Waals surface area contributed by atoms with Gasteiger partial charge in [0.05, 0.1) is 6.61 Å². The smallest absolute Gasteiger partial charge is 0.185 e. The summed E-state index contributed by atoms with van der Waals surface area (Å²) in [6, 6.07) is 0. The maximum atomic E-state index is 9.86. The van der Waals surface area contributed by atoms with E-state index in [9.17, 15) is 5.11 Å². The molecule has 4 nitrogen and oxygen atoms in total. The molecule has 0 aromatic rings. The molecule has 0 aromatic heterocycles. The van der Waals surface area contributed by atoms with Crippen molar-refractivity contribution in [3.05, 3.63) is 0 Å². The zero-order valence-electron chi connectivity index (χ0n) is 5.31. The molecule has 0 fully saturated rings. The molecule has 0 rings (SSSR count). The summed E-state index contributed by atoms with van der Waals surface area (Å²) in [7, 11) is 0. The Morgan fingerprint density at radius 3 is 2.67 bits per heavy atom. The van der Waals surface area contributed by atoms with E-state index in [-0.39, 0.29) is 12.6 Å². The Morgan fingerprint density at radius 1 is 1.56 bits per heavy atom. The van der Waals surface area contributed by atoms with Crippen LogP contribution in [0.4, 0.5) is 0 Å². The summed E-state index contributed by atoms with van der Waals surface area (Å²) in [5, 5.41) is 19.2. The van der Waals surface area contributed by atoms with Gasteiger partial charge in [-0.1, -0.05) is 0 Å². The number of nitrogens with two attached hydrogens (primary N) is 1. The topological polar surface area (TPSA) is 81.8 Å². The number of hydrogen-bond donors (Lipinski definition) is 3. The summed E-state index contributed by atoms with van der Waals surface area (Å²) in [5.41, 5.74) is 4.97. The van der Waals surface area contributed by atoms with Crippen LogP contribution in [0, 0.1) is 5.41 Å². The van der Waals surface area contributed by atoms with E-state index in [4.69, 9.17) is 11.1 Å². The minimum absolute atomic E-state index is 0.0269. The molecule has 0 bridgehead atoms. The van der Waals surface area contributed by atoms with Gasteiger partial charge < -0.3 is 11.1 Å². The van der Waals surface area contributed by atoms with Gasteiger partial charge in [0.1, 0.15) is 0 Å². The lowest BCUT2D eigenvalue weighted by atomic mass is 10.3. The lowest BCUT2D eigenvalue weighted by Gasteiger charge is -1.99. The molecular formula is C5H12N3O. The van der Waals surface area contributed by atoms with Crippen molar-refractivity contribution in [1.82, 2.24) is 5.32 Å². The second-order valence-corrected chi connectivity index (χ2v) is 1.75. The van der Waals surface area contributed by atoms with Gasteiger partial charge in [0.25, 0.3) is 0 Å². The van der Waals surface area contributed by atoms with Crippen molar-refractivity contribution in [3.8, 4) is 0 Å². The first-order valence-corrected chi connectivity index (χ1v) is 2.93. The molecule has 0 saturated heterocycles. The number of hydrogen-bond acceptors (Lipinski definition) is 1. The predicted octanol–water partition coefficient (Wildman–Crippen LogP) is -0.320. The molecule has 1 radical (unpaired) electrons. The van der Waals surface area contributed by atoms with Gasteiger partial charge >= 0.3 is 0 Å². The number of rotatable bonds is 4. The number of unbranched alkanes of at least 4 members (excludes halogenated alkanes) is 1. The molecule has 0 aliphatic rings. The molecule has 0 spiro atoms. The molecule has 4 heteroatoms. The van der Waals surface area contributed by atoms with E-state index >= 15 is 0 Å². The van der Waals surface area contributed by atoms with Crippen LogP contribution in [-0.2, 0) is 5.11 Å². The zero-order chi connectivity index (χ0) is 7.11. The maximum absolute atomic E-state index is 9.86. The summed E-state index contributed by atoms with van der Waals surface area (Å²) < 4.78 is 0. The van der Waals surface area contributed by atoms with Crippen molar-refractivity contribution in [2.75, 3.05) is 13.2 Å². The first-order valence-electron chi connectivity index (χ1n) is 2.93. The van der Waals surface area contributed by atoms with Gasteiger partial charge in [0.2, 0.25) is 0 Å². The second kappa shape index (κ2) is 5.37. The normalized spacial score (nSPS) is 9.00. The van der Waals surface area contributed by atoms with Crippen LogP contribution in [0.2, 0.25) is 0 Å². The zero-order valence-corrected chi connectivity index (χ0v) is 5.31. The molecule has 9 heavy (non-hydrogen) atoms. The van der Waals surface area contributed by atoms with E-state index in [0.717, 1.165) is 6.42 Å². The third-order valence-electron chi connectivity index (χ3n) is 0.887. The Morgan fingerprint density at radius 2 is 2.22 bits per heavy atom. The summed E-state index contributed by atoms with van der Waals surface area (Å²) in [6.45, 7) is 0.594. The standard InChI is InChI=1S/C5H12N3O/c6-5(7)8-3-1-2-4-9/h1-4H2,(H4,6,7,8). The second-order valence-electron chi connectivity index (χ2n) is 1.75. The van der Waals surface area contributed by atoms with Gasteiger partial charge in [-0.05, 0) is 12.8 Å². The van der Waals surface area contributed by atoms with E-state index in [1.54, 1.807) is 0 Å². The van der Waals surface area contributed by atoms with E-state index < -0.39 is 0 Å². The predicted molar refractivity (Wildman–Crippen MR) is 34.7 cm³/mol. The van der Waals surface area contributed by atoms with Crippen molar-refractivity contribution in [2.24, 2.45) is 5.73 Å². The van der Waals surface area contributed by atoms with Crippen LogP contribution in [0.25, 0.3) is 0 Å². The maximum Gasteiger partial charge on any atom is 0.185 e. The molecule has 4 N–H and O–H groups in total. The van der Waals surface area contributed by atoms with Crippen LogP contribution < -0.4 is 11.1 Å². The van der Waals surface area contributed by atoms with Crippen LogP contribution in [0.1, 0.15) is 12.8 Å². The third kappa shape index (κ3) is 7.23. The fourth-order valence-electron chi connectivity index (χ4n) is 0.450. The molecule has 0 aliphatic carbocycles. The van der Waals surface area contributed by atoms with E-state index in [1.165, 1.54) is 0 Å². The molecule has 0 saturated carbocycles. The molecule has 0 heterocycles. The van der Waals surface area contributed by atoms with Crippen molar-refractivity contribution >= 4 is 5.96 Å². The average Bonchev–Trinajstić information content (AvgIpc) is 1.80. The van der Waals surface area contributed by atoms with Gasteiger partial charge in [-0.2, -0.15) is 0 Å². The molecule has 0 unspecified atom stereocenters. The first-order chi connectivity index (χ1) is 4.27. The highest BCUT2D eigenvalue weighted by molar-refractivity contribution is 5.74. The summed E-state index contributed by atoms with van der Waals surface area (Å²) in [4.78, 5) is 0. The van der Waals surface area contributed by atoms with E-state index in [0.29, 0.717) is 13.0 Å². The first kappa shape index (κ1) is 8.23. The lowest BCUT2D eigenvalue weighted by molar-refractivity contribution is 0.187.